The summed E-state index contributed by atoms with van der Waals surface area (Å²) in [4.78, 5) is 14.3. The summed E-state index contributed by atoms with van der Waals surface area (Å²) in [5.41, 5.74) is 6.25. The van der Waals surface area contributed by atoms with Gasteiger partial charge in [-0.05, 0) is 53.4 Å². The topological polar surface area (TPSA) is 46.3 Å². The molecule has 3 nitrogen and oxygen atoms in total. The summed E-state index contributed by atoms with van der Waals surface area (Å²) < 4.78 is 0.752. The van der Waals surface area contributed by atoms with E-state index in [0.717, 1.165) is 30.4 Å². The number of benzene rings is 1. The first-order chi connectivity index (χ1) is 8.63. The Morgan fingerprint density at radius 3 is 2.95 bits per heavy atom. The number of rotatable bonds is 2. The lowest BCUT2D eigenvalue weighted by molar-refractivity contribution is 0.0678. The van der Waals surface area contributed by atoms with E-state index in [9.17, 15) is 4.79 Å². The molecule has 1 fully saturated rings. The zero-order chi connectivity index (χ0) is 13.1. The molecule has 1 aromatic carbocycles. The van der Waals surface area contributed by atoms with Crippen molar-refractivity contribution in [3.8, 4) is 0 Å². The summed E-state index contributed by atoms with van der Waals surface area (Å²) in [5, 5.41) is 0.484. The van der Waals surface area contributed by atoms with Crippen LogP contribution in [-0.2, 0) is 0 Å². The Morgan fingerprint density at radius 2 is 2.26 bits per heavy atom. The van der Waals surface area contributed by atoms with Crippen LogP contribution >= 0.6 is 39.9 Å². The largest absolute Gasteiger partial charge is 0.338 e. The van der Waals surface area contributed by atoms with Crippen molar-refractivity contribution in [3.63, 3.8) is 0 Å². The lowest BCUT2D eigenvalue weighted by Crippen LogP contribution is -2.42. The van der Waals surface area contributed by atoms with Gasteiger partial charge in [-0.25, -0.2) is 0 Å². The molecule has 0 aromatic heterocycles. The number of halogens is 3. The third-order valence-corrected chi connectivity index (χ3v) is 4.62. The molecule has 1 amide bonds. The highest BCUT2D eigenvalue weighted by Gasteiger charge is 2.25. The molecule has 6 heteroatoms. The molecule has 1 heterocycles. The van der Waals surface area contributed by atoms with Gasteiger partial charge in [0.15, 0.2) is 0 Å². The van der Waals surface area contributed by atoms with Crippen LogP contribution in [0.2, 0.25) is 5.02 Å². The van der Waals surface area contributed by atoms with Gasteiger partial charge in [0, 0.05) is 17.6 Å². The molecule has 2 rings (SSSR count). The summed E-state index contributed by atoms with van der Waals surface area (Å²) >= 11 is 9.50. The van der Waals surface area contributed by atoms with Crippen molar-refractivity contribution in [1.82, 2.24) is 4.90 Å². The molecule has 1 atom stereocenters. The van der Waals surface area contributed by atoms with E-state index in [-0.39, 0.29) is 18.3 Å². The first kappa shape index (κ1) is 16.8. The molecule has 1 aliphatic rings. The van der Waals surface area contributed by atoms with Crippen LogP contribution in [0.25, 0.3) is 0 Å². The van der Waals surface area contributed by atoms with E-state index in [2.05, 4.69) is 15.9 Å². The number of nitrogens with two attached hydrogens (primary N) is 1. The van der Waals surface area contributed by atoms with Gasteiger partial charge in [0.1, 0.15) is 0 Å². The second kappa shape index (κ2) is 7.48. The van der Waals surface area contributed by atoms with E-state index in [1.807, 2.05) is 17.0 Å². The minimum Gasteiger partial charge on any atom is -0.338 e. The van der Waals surface area contributed by atoms with Gasteiger partial charge in [-0.15, -0.1) is 12.4 Å². The average molecular weight is 368 g/mol. The van der Waals surface area contributed by atoms with Crippen molar-refractivity contribution in [3.05, 3.63) is 33.3 Å². The fraction of sp³-hybridized carbons (Fsp3) is 0.462. The van der Waals surface area contributed by atoms with E-state index in [1.54, 1.807) is 6.07 Å². The van der Waals surface area contributed by atoms with E-state index < -0.39 is 0 Å². The molecule has 1 aliphatic heterocycles. The van der Waals surface area contributed by atoms with Gasteiger partial charge < -0.3 is 10.6 Å². The van der Waals surface area contributed by atoms with Crippen LogP contribution in [0.1, 0.15) is 23.2 Å². The molecular formula is C13H17BrCl2N2O. The Balaban J connectivity index is 0.00000180. The third kappa shape index (κ3) is 3.85. The van der Waals surface area contributed by atoms with Crippen molar-refractivity contribution >= 4 is 45.8 Å². The zero-order valence-corrected chi connectivity index (χ0v) is 13.6. The SMILES string of the molecule is Cl.NCC1CCCN(C(=O)c2cccc(Br)c2Cl)C1. The zero-order valence-electron chi connectivity index (χ0n) is 10.4. The summed E-state index contributed by atoms with van der Waals surface area (Å²) in [5.74, 6) is 0.410. The number of amides is 1. The van der Waals surface area contributed by atoms with Gasteiger partial charge >= 0.3 is 0 Å². The molecule has 1 aromatic rings. The minimum absolute atomic E-state index is 0. The van der Waals surface area contributed by atoms with Gasteiger partial charge in [0.25, 0.3) is 5.91 Å². The van der Waals surface area contributed by atoms with Crippen LogP contribution in [0.3, 0.4) is 0 Å². The van der Waals surface area contributed by atoms with Gasteiger partial charge in [-0.3, -0.25) is 4.79 Å². The molecule has 0 radical (unpaired) electrons. The van der Waals surface area contributed by atoms with E-state index in [1.165, 1.54) is 0 Å². The molecule has 0 saturated carbocycles. The van der Waals surface area contributed by atoms with E-state index in [0.29, 0.717) is 23.0 Å². The second-order valence-corrected chi connectivity index (χ2v) is 5.83. The summed E-state index contributed by atoms with van der Waals surface area (Å²) in [6, 6.07) is 5.42. The first-order valence-electron chi connectivity index (χ1n) is 6.07. The Morgan fingerprint density at radius 1 is 1.53 bits per heavy atom. The number of hydrogen-bond donors (Lipinski definition) is 1. The van der Waals surface area contributed by atoms with Crippen LogP contribution in [0.15, 0.2) is 22.7 Å². The number of carbonyl (C=O) groups excluding carboxylic acids is 1. The predicted molar refractivity (Wildman–Crippen MR) is 84.1 cm³/mol. The average Bonchev–Trinajstić information content (AvgIpc) is 2.41. The predicted octanol–water partition coefficient (Wildman–Crippen LogP) is 3.34. The second-order valence-electron chi connectivity index (χ2n) is 4.60. The first-order valence-corrected chi connectivity index (χ1v) is 7.24. The number of hydrogen-bond acceptors (Lipinski definition) is 2. The van der Waals surface area contributed by atoms with E-state index in [4.69, 9.17) is 17.3 Å². The fourth-order valence-corrected chi connectivity index (χ4v) is 2.85. The Kier molecular flexibility index (Phi) is 6.60. The highest BCUT2D eigenvalue weighted by Crippen LogP contribution is 2.28. The molecule has 19 heavy (non-hydrogen) atoms. The number of piperidine rings is 1. The molecule has 2 N–H and O–H groups in total. The summed E-state index contributed by atoms with van der Waals surface area (Å²) in [7, 11) is 0. The number of likely N-dealkylation sites (tertiary alicyclic amines) is 1. The van der Waals surface area contributed by atoms with Crippen molar-refractivity contribution in [1.29, 1.82) is 0 Å². The smallest absolute Gasteiger partial charge is 0.255 e. The normalized spacial score (nSPS) is 18.9. The molecule has 106 valence electrons. The summed E-state index contributed by atoms with van der Waals surface area (Å²) in [6.07, 6.45) is 2.12. The maximum atomic E-state index is 12.4. The van der Waals surface area contributed by atoms with Crippen LogP contribution in [0.4, 0.5) is 0 Å². The van der Waals surface area contributed by atoms with Crippen molar-refractivity contribution in [2.24, 2.45) is 11.7 Å². The monoisotopic (exact) mass is 366 g/mol. The van der Waals surface area contributed by atoms with E-state index >= 15 is 0 Å². The van der Waals surface area contributed by atoms with Crippen LogP contribution in [-0.4, -0.2) is 30.4 Å². The maximum absolute atomic E-state index is 12.4. The quantitative estimate of drug-likeness (QED) is 0.871. The molecular weight excluding hydrogens is 351 g/mol. The van der Waals surface area contributed by atoms with Gasteiger partial charge in [0.05, 0.1) is 10.6 Å². The van der Waals surface area contributed by atoms with Crippen LogP contribution in [0, 0.1) is 5.92 Å². The Labute approximate surface area is 133 Å². The maximum Gasteiger partial charge on any atom is 0.255 e. The molecule has 1 unspecified atom stereocenters. The highest BCUT2D eigenvalue weighted by atomic mass is 79.9. The lowest BCUT2D eigenvalue weighted by atomic mass is 9.97. The lowest BCUT2D eigenvalue weighted by Gasteiger charge is -2.32. The minimum atomic E-state index is -0.000509. The van der Waals surface area contributed by atoms with Crippen LogP contribution < -0.4 is 5.73 Å². The summed E-state index contributed by atoms with van der Waals surface area (Å²) in [6.45, 7) is 2.16. The fourth-order valence-electron chi connectivity index (χ4n) is 2.28. The Bertz CT molecular complexity index is 456. The molecule has 0 bridgehead atoms. The number of carbonyl (C=O) groups is 1. The van der Waals surface area contributed by atoms with Crippen molar-refractivity contribution in [2.45, 2.75) is 12.8 Å². The van der Waals surface area contributed by atoms with Crippen molar-refractivity contribution in [2.75, 3.05) is 19.6 Å². The van der Waals surface area contributed by atoms with Crippen LogP contribution in [0.5, 0.6) is 0 Å². The third-order valence-electron chi connectivity index (χ3n) is 3.32. The van der Waals surface area contributed by atoms with Gasteiger partial charge in [-0.2, -0.15) is 0 Å². The van der Waals surface area contributed by atoms with Gasteiger partial charge in [-0.1, -0.05) is 17.7 Å². The standard InChI is InChI=1S/C13H16BrClN2O.ClH/c14-11-5-1-4-10(12(11)15)13(18)17-6-2-3-9(7-16)8-17;/h1,4-5,9H,2-3,6-8,16H2;1H. The molecule has 0 spiro atoms. The molecule has 1 saturated heterocycles. The highest BCUT2D eigenvalue weighted by molar-refractivity contribution is 9.10. The Hall–Kier alpha value is -0.290. The number of nitrogens with zero attached hydrogens (tertiary/aromatic N) is 1. The molecule has 0 aliphatic carbocycles. The van der Waals surface area contributed by atoms with Gasteiger partial charge in [0.2, 0.25) is 0 Å². The van der Waals surface area contributed by atoms with Crippen molar-refractivity contribution < 1.29 is 4.79 Å².